The first kappa shape index (κ1) is 22.9. The summed E-state index contributed by atoms with van der Waals surface area (Å²) in [7, 11) is 0. The van der Waals surface area contributed by atoms with Crippen LogP contribution in [0.5, 0.6) is 0 Å². The van der Waals surface area contributed by atoms with Gasteiger partial charge in [0, 0.05) is 12.8 Å². The van der Waals surface area contributed by atoms with E-state index >= 15 is 0 Å². The van der Waals surface area contributed by atoms with Gasteiger partial charge in [0.05, 0.1) is 6.61 Å². The molecule has 0 heterocycles. The van der Waals surface area contributed by atoms with Crippen molar-refractivity contribution in [1.82, 2.24) is 0 Å². The lowest BCUT2D eigenvalue weighted by molar-refractivity contribution is -0.152. The van der Waals surface area contributed by atoms with E-state index in [1.807, 2.05) is 0 Å². The van der Waals surface area contributed by atoms with Crippen molar-refractivity contribution >= 4 is 11.9 Å². The van der Waals surface area contributed by atoms with Gasteiger partial charge in [-0.1, -0.05) is 53.9 Å². The van der Waals surface area contributed by atoms with Gasteiger partial charge >= 0.3 is 11.9 Å². The van der Waals surface area contributed by atoms with Crippen LogP contribution in [0.1, 0.15) is 92.4 Å². The fourth-order valence-electron chi connectivity index (χ4n) is 2.83. The molecule has 0 spiro atoms. The highest BCUT2D eigenvalue weighted by Gasteiger charge is 2.17. The Bertz CT molecular complexity index is 333. The molecule has 24 heavy (non-hydrogen) atoms. The molecule has 0 aromatic carbocycles. The normalized spacial score (nSPS) is 12.5. The predicted octanol–water partition coefficient (Wildman–Crippen LogP) is 5.28. The number of rotatable bonds is 14. The highest BCUT2D eigenvalue weighted by atomic mass is 16.5. The van der Waals surface area contributed by atoms with Gasteiger partial charge in [0.2, 0.25) is 0 Å². The maximum Gasteiger partial charge on any atom is 0.306 e. The van der Waals surface area contributed by atoms with E-state index in [1.54, 1.807) is 0 Å². The van der Waals surface area contributed by atoms with Crippen LogP contribution in [0.15, 0.2) is 0 Å². The maximum atomic E-state index is 11.9. The molecule has 0 bridgehead atoms. The van der Waals surface area contributed by atoms with Gasteiger partial charge in [-0.3, -0.25) is 9.59 Å². The fraction of sp³-hybridized carbons (Fsp3) is 0.900. The Morgan fingerprint density at radius 1 is 0.833 bits per heavy atom. The summed E-state index contributed by atoms with van der Waals surface area (Å²) in [6.07, 6.45) is 7.38. The van der Waals surface area contributed by atoms with Crippen molar-refractivity contribution < 1.29 is 19.1 Å². The van der Waals surface area contributed by atoms with E-state index in [2.05, 4.69) is 34.6 Å². The van der Waals surface area contributed by atoms with E-state index < -0.39 is 0 Å². The molecule has 142 valence electrons. The molecular formula is C20H38O4. The van der Waals surface area contributed by atoms with Crippen LogP contribution in [0.4, 0.5) is 0 Å². The van der Waals surface area contributed by atoms with Crippen LogP contribution >= 0.6 is 0 Å². The smallest absolute Gasteiger partial charge is 0.306 e. The Kier molecular flexibility index (Phi) is 13.7. The summed E-state index contributed by atoms with van der Waals surface area (Å²) in [5.41, 5.74) is 0. The Morgan fingerprint density at radius 2 is 1.38 bits per heavy atom. The second-order valence-electron chi connectivity index (χ2n) is 7.04. The topological polar surface area (TPSA) is 52.6 Å². The quantitative estimate of drug-likeness (QED) is 0.403. The van der Waals surface area contributed by atoms with Gasteiger partial charge in [-0.15, -0.1) is 0 Å². The number of carbonyl (C=O) groups is 2. The van der Waals surface area contributed by atoms with Crippen LogP contribution in [-0.2, 0) is 19.1 Å². The maximum absolute atomic E-state index is 11.9. The molecule has 0 N–H and O–H groups in total. The first-order valence-electron chi connectivity index (χ1n) is 9.79. The fourth-order valence-corrected chi connectivity index (χ4v) is 2.83. The van der Waals surface area contributed by atoms with Crippen LogP contribution < -0.4 is 0 Å². The molecule has 0 fully saturated rings. The monoisotopic (exact) mass is 342 g/mol. The number of esters is 2. The lowest BCUT2D eigenvalue weighted by Crippen LogP contribution is -2.23. The third kappa shape index (κ3) is 11.5. The van der Waals surface area contributed by atoms with Crippen molar-refractivity contribution in [3.8, 4) is 0 Å². The van der Waals surface area contributed by atoms with Crippen molar-refractivity contribution in [2.75, 3.05) is 6.61 Å². The van der Waals surface area contributed by atoms with Crippen molar-refractivity contribution in [1.29, 1.82) is 0 Å². The molecule has 1 unspecified atom stereocenters. The lowest BCUT2D eigenvalue weighted by atomic mass is 9.99. The molecule has 0 saturated carbocycles. The molecule has 4 nitrogen and oxygen atoms in total. The van der Waals surface area contributed by atoms with Crippen LogP contribution in [0.2, 0.25) is 0 Å². The number of hydrogen-bond acceptors (Lipinski definition) is 4. The number of carbonyl (C=O) groups excluding carboxylic acids is 2. The van der Waals surface area contributed by atoms with Crippen molar-refractivity contribution in [2.24, 2.45) is 11.8 Å². The minimum Gasteiger partial charge on any atom is -0.465 e. The minimum atomic E-state index is -0.204. The van der Waals surface area contributed by atoms with Gasteiger partial charge in [0.1, 0.15) is 6.10 Å². The number of hydrogen-bond donors (Lipinski definition) is 0. The summed E-state index contributed by atoms with van der Waals surface area (Å²) in [5.74, 6) is 0.390. The molecule has 1 atom stereocenters. The molecule has 0 aliphatic heterocycles. The van der Waals surface area contributed by atoms with Gasteiger partial charge < -0.3 is 9.47 Å². The highest BCUT2D eigenvalue weighted by molar-refractivity contribution is 5.72. The molecule has 0 aromatic rings. The summed E-state index contributed by atoms with van der Waals surface area (Å²) in [5, 5.41) is 0. The predicted molar refractivity (Wildman–Crippen MR) is 97.7 cm³/mol. The average Bonchev–Trinajstić information content (AvgIpc) is 2.52. The minimum absolute atomic E-state index is 0.0155. The van der Waals surface area contributed by atoms with Gasteiger partial charge in [0.15, 0.2) is 0 Å². The molecule has 0 aromatic heterocycles. The molecule has 0 radical (unpaired) electrons. The van der Waals surface area contributed by atoms with Crippen LogP contribution in [-0.4, -0.2) is 24.6 Å². The third-order valence-electron chi connectivity index (χ3n) is 4.24. The van der Waals surface area contributed by atoms with Gasteiger partial charge in [0.25, 0.3) is 0 Å². The molecular weight excluding hydrogens is 304 g/mol. The van der Waals surface area contributed by atoms with Crippen molar-refractivity contribution in [2.45, 2.75) is 98.5 Å². The Labute approximate surface area is 148 Å². The summed E-state index contributed by atoms with van der Waals surface area (Å²) in [6, 6.07) is 0. The zero-order chi connectivity index (χ0) is 18.4. The first-order chi connectivity index (χ1) is 11.4. The molecule has 0 saturated heterocycles. The van der Waals surface area contributed by atoms with E-state index in [1.165, 1.54) is 0 Å². The van der Waals surface area contributed by atoms with E-state index in [0.717, 1.165) is 38.5 Å². The van der Waals surface area contributed by atoms with E-state index in [9.17, 15) is 9.59 Å². The van der Waals surface area contributed by atoms with Gasteiger partial charge in [-0.05, 0) is 37.5 Å². The molecule has 0 aliphatic carbocycles. The molecule has 0 amide bonds. The summed E-state index contributed by atoms with van der Waals surface area (Å²) < 4.78 is 10.9. The molecule has 4 heteroatoms. The summed E-state index contributed by atoms with van der Waals surface area (Å²) >= 11 is 0. The van der Waals surface area contributed by atoms with E-state index in [-0.39, 0.29) is 24.5 Å². The van der Waals surface area contributed by atoms with Crippen LogP contribution in [0, 0.1) is 11.8 Å². The summed E-state index contributed by atoms with van der Waals surface area (Å²) in [4.78, 5) is 23.7. The van der Waals surface area contributed by atoms with Crippen molar-refractivity contribution in [3.63, 3.8) is 0 Å². The van der Waals surface area contributed by atoms with Crippen LogP contribution in [0.3, 0.4) is 0 Å². The largest absolute Gasteiger partial charge is 0.465 e. The van der Waals surface area contributed by atoms with Crippen molar-refractivity contribution in [3.05, 3.63) is 0 Å². The first-order valence-corrected chi connectivity index (χ1v) is 9.79. The SMILES string of the molecule is CCCC(CCC)COC(=O)CCCC(=O)OC(CCC)C(C)C. The van der Waals surface area contributed by atoms with Gasteiger partial charge in [-0.25, -0.2) is 0 Å². The highest BCUT2D eigenvalue weighted by Crippen LogP contribution is 2.16. The van der Waals surface area contributed by atoms with E-state index in [4.69, 9.17) is 9.47 Å². The zero-order valence-corrected chi connectivity index (χ0v) is 16.4. The van der Waals surface area contributed by atoms with E-state index in [0.29, 0.717) is 31.3 Å². The Hall–Kier alpha value is -1.06. The standard InChI is InChI=1S/C20H38O4/c1-6-10-17(11-7-2)15-23-19(21)13-9-14-20(22)24-18(12-8-3)16(4)5/h16-18H,6-15H2,1-5H3. The second kappa shape index (κ2) is 14.3. The Morgan fingerprint density at radius 3 is 1.88 bits per heavy atom. The zero-order valence-electron chi connectivity index (χ0n) is 16.4. The Balaban J connectivity index is 3.96. The average molecular weight is 343 g/mol. The number of ether oxygens (including phenoxy) is 2. The van der Waals surface area contributed by atoms with Gasteiger partial charge in [-0.2, -0.15) is 0 Å². The summed E-state index contributed by atoms with van der Waals surface area (Å²) in [6.45, 7) is 11.0. The molecule has 0 rings (SSSR count). The molecule has 0 aliphatic rings. The lowest BCUT2D eigenvalue weighted by Gasteiger charge is -2.20. The van der Waals surface area contributed by atoms with Crippen LogP contribution in [0.25, 0.3) is 0 Å². The third-order valence-corrected chi connectivity index (χ3v) is 4.24. The second-order valence-corrected chi connectivity index (χ2v) is 7.04.